The molecule has 2 heterocycles. The van der Waals surface area contributed by atoms with Gasteiger partial charge in [-0.15, -0.1) is 5.10 Å². The number of fused-ring (bicyclic) bond motifs is 1. The lowest BCUT2D eigenvalue weighted by atomic mass is 10.2. The zero-order valence-electron chi connectivity index (χ0n) is 10.7. The summed E-state index contributed by atoms with van der Waals surface area (Å²) >= 11 is 0. The second-order valence-corrected chi connectivity index (χ2v) is 4.26. The standard InChI is InChI=1S/C14H15N5/c1-2-15-9-11-10-17-18-19(11)14-7-3-6-13-12(14)5-4-8-16-13/h3-8,10,15H,2,9H2,1H3. The molecular formula is C14H15N5. The van der Waals surface area contributed by atoms with Crippen molar-refractivity contribution in [3.63, 3.8) is 0 Å². The van der Waals surface area contributed by atoms with Gasteiger partial charge in [-0.3, -0.25) is 4.98 Å². The van der Waals surface area contributed by atoms with Gasteiger partial charge in [0.05, 0.1) is 23.1 Å². The van der Waals surface area contributed by atoms with Crippen LogP contribution >= 0.6 is 0 Å². The largest absolute Gasteiger partial charge is 0.311 e. The molecule has 0 radical (unpaired) electrons. The molecule has 1 aromatic carbocycles. The van der Waals surface area contributed by atoms with Crippen molar-refractivity contribution < 1.29 is 0 Å². The number of hydrogen-bond donors (Lipinski definition) is 1. The summed E-state index contributed by atoms with van der Waals surface area (Å²) in [6.45, 7) is 3.75. The molecule has 0 unspecified atom stereocenters. The molecule has 1 N–H and O–H groups in total. The van der Waals surface area contributed by atoms with Crippen LogP contribution in [0.25, 0.3) is 16.6 Å². The second kappa shape index (κ2) is 5.16. The van der Waals surface area contributed by atoms with E-state index in [0.29, 0.717) is 0 Å². The normalized spacial score (nSPS) is 11.0. The van der Waals surface area contributed by atoms with Crippen LogP contribution in [-0.4, -0.2) is 26.5 Å². The number of pyridine rings is 1. The molecule has 0 aliphatic rings. The van der Waals surface area contributed by atoms with Crippen molar-refractivity contribution in [2.24, 2.45) is 0 Å². The van der Waals surface area contributed by atoms with E-state index in [2.05, 4.69) is 33.6 Å². The molecule has 0 saturated heterocycles. The van der Waals surface area contributed by atoms with Gasteiger partial charge >= 0.3 is 0 Å². The van der Waals surface area contributed by atoms with Crippen molar-refractivity contribution in [2.75, 3.05) is 6.54 Å². The number of nitrogens with one attached hydrogen (secondary N) is 1. The maximum Gasteiger partial charge on any atom is 0.0783 e. The van der Waals surface area contributed by atoms with Crippen LogP contribution < -0.4 is 5.32 Å². The van der Waals surface area contributed by atoms with E-state index < -0.39 is 0 Å². The Balaban J connectivity index is 2.12. The van der Waals surface area contributed by atoms with Crippen LogP contribution in [0.1, 0.15) is 12.6 Å². The smallest absolute Gasteiger partial charge is 0.0783 e. The molecule has 0 atom stereocenters. The Morgan fingerprint density at radius 2 is 2.16 bits per heavy atom. The van der Waals surface area contributed by atoms with Gasteiger partial charge in [-0.05, 0) is 30.8 Å². The third kappa shape index (κ3) is 2.20. The highest BCUT2D eigenvalue weighted by Gasteiger charge is 2.09. The average molecular weight is 253 g/mol. The maximum atomic E-state index is 4.37. The van der Waals surface area contributed by atoms with E-state index in [9.17, 15) is 0 Å². The summed E-state index contributed by atoms with van der Waals surface area (Å²) in [5.41, 5.74) is 3.01. The molecule has 0 fully saturated rings. The van der Waals surface area contributed by atoms with E-state index in [1.54, 1.807) is 12.4 Å². The fourth-order valence-corrected chi connectivity index (χ4v) is 2.10. The van der Waals surface area contributed by atoms with Crippen LogP contribution in [0.2, 0.25) is 0 Å². The quantitative estimate of drug-likeness (QED) is 0.772. The SMILES string of the molecule is CCNCc1cnnn1-c1cccc2ncccc12. The Hall–Kier alpha value is -2.27. The van der Waals surface area contributed by atoms with Gasteiger partial charge in [0.2, 0.25) is 0 Å². The zero-order chi connectivity index (χ0) is 13.1. The molecule has 0 amide bonds. The molecule has 0 aliphatic carbocycles. The maximum absolute atomic E-state index is 4.37. The molecule has 3 aromatic rings. The third-order valence-corrected chi connectivity index (χ3v) is 3.03. The topological polar surface area (TPSA) is 55.6 Å². The van der Waals surface area contributed by atoms with Crippen LogP contribution in [-0.2, 0) is 6.54 Å². The van der Waals surface area contributed by atoms with Gasteiger partial charge < -0.3 is 5.32 Å². The summed E-state index contributed by atoms with van der Waals surface area (Å²) in [7, 11) is 0. The molecule has 0 saturated carbocycles. The molecule has 5 heteroatoms. The third-order valence-electron chi connectivity index (χ3n) is 3.03. The number of rotatable bonds is 4. The van der Waals surface area contributed by atoms with Crippen molar-refractivity contribution in [3.8, 4) is 5.69 Å². The summed E-state index contributed by atoms with van der Waals surface area (Å²) < 4.78 is 1.87. The van der Waals surface area contributed by atoms with Crippen LogP contribution in [0, 0.1) is 0 Å². The molecule has 19 heavy (non-hydrogen) atoms. The minimum Gasteiger partial charge on any atom is -0.311 e. The highest BCUT2D eigenvalue weighted by Crippen LogP contribution is 2.20. The van der Waals surface area contributed by atoms with Crippen LogP contribution in [0.15, 0.2) is 42.7 Å². The van der Waals surface area contributed by atoms with Gasteiger partial charge in [0, 0.05) is 18.1 Å². The highest BCUT2D eigenvalue weighted by molar-refractivity contribution is 5.86. The average Bonchev–Trinajstić information content (AvgIpc) is 2.92. The molecule has 96 valence electrons. The summed E-state index contributed by atoms with van der Waals surface area (Å²) in [6.07, 6.45) is 3.59. The van der Waals surface area contributed by atoms with E-state index in [-0.39, 0.29) is 0 Å². The Labute approximate surface area is 111 Å². The number of nitrogens with zero attached hydrogens (tertiary/aromatic N) is 4. The summed E-state index contributed by atoms with van der Waals surface area (Å²) in [5.74, 6) is 0. The summed E-state index contributed by atoms with van der Waals surface area (Å²) in [4.78, 5) is 4.37. The first-order chi connectivity index (χ1) is 9.40. The van der Waals surface area contributed by atoms with Crippen molar-refractivity contribution in [1.29, 1.82) is 0 Å². The van der Waals surface area contributed by atoms with Crippen molar-refractivity contribution in [3.05, 3.63) is 48.4 Å². The fourth-order valence-electron chi connectivity index (χ4n) is 2.10. The first kappa shape index (κ1) is 11.8. The van der Waals surface area contributed by atoms with E-state index in [0.717, 1.165) is 35.4 Å². The summed E-state index contributed by atoms with van der Waals surface area (Å²) in [5, 5.41) is 12.6. The van der Waals surface area contributed by atoms with Gasteiger partial charge in [-0.2, -0.15) is 0 Å². The van der Waals surface area contributed by atoms with Gasteiger partial charge in [0.15, 0.2) is 0 Å². The van der Waals surface area contributed by atoms with Gasteiger partial charge in [-0.1, -0.05) is 18.2 Å². The summed E-state index contributed by atoms with van der Waals surface area (Å²) in [6, 6.07) is 10.0. The Kier molecular flexibility index (Phi) is 3.20. The van der Waals surface area contributed by atoms with Crippen molar-refractivity contribution in [2.45, 2.75) is 13.5 Å². The highest BCUT2D eigenvalue weighted by atomic mass is 15.4. The van der Waals surface area contributed by atoms with Gasteiger partial charge in [0.25, 0.3) is 0 Å². The monoisotopic (exact) mass is 253 g/mol. The van der Waals surface area contributed by atoms with Crippen LogP contribution in [0.5, 0.6) is 0 Å². The zero-order valence-corrected chi connectivity index (χ0v) is 10.7. The molecule has 0 bridgehead atoms. The number of hydrogen-bond acceptors (Lipinski definition) is 4. The predicted molar refractivity (Wildman–Crippen MR) is 74.0 cm³/mol. The lowest BCUT2D eigenvalue weighted by Gasteiger charge is -2.09. The lowest BCUT2D eigenvalue weighted by Crippen LogP contribution is -2.15. The minimum absolute atomic E-state index is 0.750. The minimum atomic E-state index is 0.750. The van der Waals surface area contributed by atoms with Crippen LogP contribution in [0.3, 0.4) is 0 Å². The second-order valence-electron chi connectivity index (χ2n) is 4.26. The van der Waals surface area contributed by atoms with Crippen LogP contribution in [0.4, 0.5) is 0 Å². The van der Waals surface area contributed by atoms with Gasteiger partial charge in [0.1, 0.15) is 0 Å². The molecule has 5 nitrogen and oxygen atoms in total. The van der Waals surface area contributed by atoms with Gasteiger partial charge in [-0.25, -0.2) is 4.68 Å². The predicted octanol–water partition coefficient (Wildman–Crippen LogP) is 1.92. The molecular weight excluding hydrogens is 238 g/mol. The molecule has 3 rings (SSSR count). The fraction of sp³-hybridized carbons (Fsp3) is 0.214. The molecule has 0 aliphatic heterocycles. The van der Waals surface area contributed by atoms with E-state index in [1.165, 1.54) is 0 Å². The lowest BCUT2D eigenvalue weighted by molar-refractivity contribution is 0.674. The van der Waals surface area contributed by atoms with Crippen molar-refractivity contribution in [1.82, 2.24) is 25.3 Å². The number of benzene rings is 1. The molecule has 2 aromatic heterocycles. The Bertz CT molecular complexity index is 684. The van der Waals surface area contributed by atoms with E-state index >= 15 is 0 Å². The first-order valence-electron chi connectivity index (χ1n) is 6.34. The van der Waals surface area contributed by atoms with Crippen molar-refractivity contribution >= 4 is 10.9 Å². The Morgan fingerprint density at radius 1 is 1.21 bits per heavy atom. The molecule has 0 spiro atoms. The van der Waals surface area contributed by atoms with E-state index in [1.807, 2.05) is 28.9 Å². The van der Waals surface area contributed by atoms with E-state index in [4.69, 9.17) is 0 Å². The first-order valence-corrected chi connectivity index (χ1v) is 6.34. The number of aromatic nitrogens is 4. The Morgan fingerprint density at radius 3 is 3.05 bits per heavy atom.